The van der Waals surface area contributed by atoms with E-state index in [2.05, 4.69) is 13.8 Å². The van der Waals surface area contributed by atoms with Crippen molar-refractivity contribution < 1.29 is 29.0 Å². The van der Waals surface area contributed by atoms with Crippen LogP contribution in [0.25, 0.3) is 0 Å². The van der Waals surface area contributed by atoms with Crippen LogP contribution in [0, 0.1) is 28.6 Å². The molecule has 4 saturated carbocycles. The Hall–Kier alpha value is -1.43. The molecule has 1 N–H and O–H groups in total. The van der Waals surface area contributed by atoms with Gasteiger partial charge in [0.1, 0.15) is 17.5 Å². The minimum Gasteiger partial charge on any atom is -0.462 e. The highest BCUT2D eigenvalue weighted by molar-refractivity contribution is 5.87. The van der Waals surface area contributed by atoms with Crippen molar-refractivity contribution in [3.63, 3.8) is 0 Å². The number of Topliss-reactive ketones (excluding diaryl/α,β-unsaturated/α-hetero) is 1. The lowest BCUT2D eigenvalue weighted by atomic mass is 9.43. The number of esters is 2. The monoisotopic (exact) mass is 406 g/mol. The molecule has 162 valence electrons. The molecule has 0 aliphatic heterocycles. The first-order chi connectivity index (χ1) is 13.5. The fourth-order valence-corrected chi connectivity index (χ4v) is 7.81. The Labute approximate surface area is 172 Å². The molecule has 0 unspecified atom stereocenters. The maximum absolute atomic E-state index is 12.6. The van der Waals surface area contributed by atoms with Crippen molar-refractivity contribution in [3.05, 3.63) is 0 Å². The number of fused-ring (bicyclic) bond motifs is 5. The standard InChI is InChI=1S/C23H34O6/c1-13(24)28-15-7-10-22(4)18-8-9-21(3)17(5-6-19(21)26)16(18)11-20(27)23(22,12-15)29-14(2)25/h15-18,20,27H,5-12H2,1-4H3/t15-,16-,17-,18-,20+,21-,22+,23-/m0/s1. The SMILES string of the molecule is CC(=O)O[C@H]1CC[C@]2(C)[C@H]3CC[C@]4(C)C(=O)CC[C@H]4[C@@H]3C[C@@H](O)[C@@]2(OC(C)=O)C1. The summed E-state index contributed by atoms with van der Waals surface area (Å²) < 4.78 is 11.5. The van der Waals surface area contributed by atoms with E-state index in [-0.39, 0.29) is 29.3 Å². The Morgan fingerprint density at radius 3 is 2.41 bits per heavy atom. The first-order valence-corrected chi connectivity index (χ1v) is 11.1. The topological polar surface area (TPSA) is 89.9 Å². The fraction of sp³-hybridized carbons (Fsp3) is 0.870. The molecule has 0 radical (unpaired) electrons. The molecule has 0 amide bonds. The van der Waals surface area contributed by atoms with Crippen molar-refractivity contribution in [2.45, 2.75) is 96.9 Å². The third kappa shape index (κ3) is 2.88. The zero-order chi connectivity index (χ0) is 21.2. The Morgan fingerprint density at radius 2 is 1.76 bits per heavy atom. The highest BCUT2D eigenvalue weighted by atomic mass is 16.6. The Kier molecular flexibility index (Phi) is 4.88. The second-order valence-electron chi connectivity index (χ2n) is 10.4. The molecule has 0 aromatic rings. The Morgan fingerprint density at radius 1 is 1.03 bits per heavy atom. The summed E-state index contributed by atoms with van der Waals surface area (Å²) in [5, 5.41) is 11.4. The van der Waals surface area contributed by atoms with Gasteiger partial charge in [-0.25, -0.2) is 0 Å². The normalized spacial score (nSPS) is 48.9. The van der Waals surface area contributed by atoms with Crippen LogP contribution >= 0.6 is 0 Å². The van der Waals surface area contributed by atoms with Crippen LogP contribution in [0.3, 0.4) is 0 Å². The summed E-state index contributed by atoms with van der Waals surface area (Å²) in [4.78, 5) is 36.3. The maximum Gasteiger partial charge on any atom is 0.303 e. The van der Waals surface area contributed by atoms with Crippen LogP contribution in [0.2, 0.25) is 0 Å². The van der Waals surface area contributed by atoms with E-state index >= 15 is 0 Å². The van der Waals surface area contributed by atoms with E-state index in [0.29, 0.717) is 37.4 Å². The van der Waals surface area contributed by atoms with E-state index in [9.17, 15) is 19.5 Å². The summed E-state index contributed by atoms with van der Waals surface area (Å²) in [7, 11) is 0. The summed E-state index contributed by atoms with van der Waals surface area (Å²) in [5.41, 5.74) is -1.72. The average Bonchev–Trinajstić information content (AvgIpc) is 2.92. The number of aliphatic hydroxyl groups is 1. The molecule has 6 heteroatoms. The van der Waals surface area contributed by atoms with Crippen LogP contribution in [-0.2, 0) is 23.9 Å². The van der Waals surface area contributed by atoms with Gasteiger partial charge in [0.25, 0.3) is 0 Å². The predicted octanol–water partition coefficient (Wildman–Crippen LogP) is 3.19. The minimum atomic E-state index is -1.05. The van der Waals surface area contributed by atoms with E-state index in [1.807, 2.05) is 0 Å². The highest BCUT2D eigenvalue weighted by Gasteiger charge is 2.69. The van der Waals surface area contributed by atoms with Crippen molar-refractivity contribution in [2.24, 2.45) is 28.6 Å². The molecule has 0 heterocycles. The summed E-state index contributed by atoms with van der Waals surface area (Å²) in [6.45, 7) is 7.04. The van der Waals surface area contributed by atoms with Crippen LogP contribution in [0.5, 0.6) is 0 Å². The molecule has 4 fully saturated rings. The van der Waals surface area contributed by atoms with Gasteiger partial charge in [-0.2, -0.15) is 0 Å². The molecule has 0 spiro atoms. The van der Waals surface area contributed by atoms with Gasteiger partial charge in [0, 0.05) is 37.5 Å². The molecule has 8 atom stereocenters. The minimum absolute atomic E-state index is 0.258. The summed E-state index contributed by atoms with van der Waals surface area (Å²) in [6, 6.07) is 0. The van der Waals surface area contributed by atoms with Gasteiger partial charge in [0.2, 0.25) is 0 Å². The second-order valence-corrected chi connectivity index (χ2v) is 10.4. The summed E-state index contributed by atoms with van der Waals surface area (Å²) >= 11 is 0. The van der Waals surface area contributed by atoms with E-state index in [1.165, 1.54) is 13.8 Å². The average molecular weight is 407 g/mol. The quantitative estimate of drug-likeness (QED) is 0.709. The van der Waals surface area contributed by atoms with Gasteiger partial charge < -0.3 is 14.6 Å². The summed E-state index contributed by atoms with van der Waals surface area (Å²) in [6.07, 6.45) is 4.45. The van der Waals surface area contributed by atoms with Gasteiger partial charge in [0.05, 0.1) is 6.10 Å². The Balaban J connectivity index is 1.72. The van der Waals surface area contributed by atoms with Gasteiger partial charge >= 0.3 is 11.9 Å². The number of aliphatic hydroxyl groups excluding tert-OH is 1. The number of hydrogen-bond acceptors (Lipinski definition) is 6. The van der Waals surface area contributed by atoms with E-state index in [1.54, 1.807) is 0 Å². The molecule has 4 aliphatic carbocycles. The highest BCUT2D eigenvalue weighted by Crippen LogP contribution is 2.67. The fourth-order valence-electron chi connectivity index (χ4n) is 7.81. The molecule has 0 aromatic carbocycles. The predicted molar refractivity (Wildman–Crippen MR) is 105 cm³/mol. The van der Waals surface area contributed by atoms with Gasteiger partial charge in [-0.3, -0.25) is 14.4 Å². The largest absolute Gasteiger partial charge is 0.462 e. The zero-order valence-electron chi connectivity index (χ0n) is 18.0. The van der Waals surface area contributed by atoms with Crippen molar-refractivity contribution in [2.75, 3.05) is 0 Å². The van der Waals surface area contributed by atoms with Crippen LogP contribution in [0.15, 0.2) is 0 Å². The van der Waals surface area contributed by atoms with Crippen molar-refractivity contribution in [3.8, 4) is 0 Å². The van der Waals surface area contributed by atoms with Gasteiger partial charge in [-0.05, 0) is 56.3 Å². The zero-order valence-corrected chi connectivity index (χ0v) is 18.0. The number of ether oxygens (including phenoxy) is 2. The van der Waals surface area contributed by atoms with Gasteiger partial charge in [-0.15, -0.1) is 0 Å². The lowest BCUT2D eigenvalue weighted by Crippen LogP contribution is -2.70. The van der Waals surface area contributed by atoms with E-state index in [0.717, 1.165) is 25.7 Å². The number of hydrogen-bond donors (Lipinski definition) is 1. The van der Waals surface area contributed by atoms with Gasteiger partial charge in [0.15, 0.2) is 0 Å². The summed E-state index contributed by atoms with van der Waals surface area (Å²) in [5.74, 6) is 0.450. The van der Waals surface area contributed by atoms with E-state index in [4.69, 9.17) is 9.47 Å². The molecule has 0 bridgehead atoms. The molecule has 6 nitrogen and oxygen atoms in total. The smallest absolute Gasteiger partial charge is 0.303 e. The number of ketones is 1. The first kappa shape index (κ1) is 20.8. The van der Waals surface area contributed by atoms with Crippen molar-refractivity contribution >= 4 is 17.7 Å². The van der Waals surface area contributed by atoms with Crippen LogP contribution in [-0.4, -0.2) is 40.6 Å². The molecular weight excluding hydrogens is 372 g/mol. The number of carbonyl (C=O) groups excluding carboxylic acids is 3. The number of rotatable bonds is 2. The second kappa shape index (κ2) is 6.79. The van der Waals surface area contributed by atoms with E-state index < -0.39 is 23.1 Å². The molecule has 4 aliphatic rings. The molecular formula is C23H34O6. The maximum atomic E-state index is 12.6. The number of carbonyl (C=O) groups is 3. The third-order valence-electron chi connectivity index (χ3n) is 9.14. The van der Waals surface area contributed by atoms with Crippen molar-refractivity contribution in [1.82, 2.24) is 0 Å². The lowest BCUT2D eigenvalue weighted by Gasteiger charge is -2.65. The van der Waals surface area contributed by atoms with Gasteiger partial charge in [-0.1, -0.05) is 13.8 Å². The molecule has 0 saturated heterocycles. The van der Waals surface area contributed by atoms with Crippen LogP contribution in [0.1, 0.15) is 79.1 Å². The van der Waals surface area contributed by atoms with Crippen LogP contribution < -0.4 is 0 Å². The molecule has 29 heavy (non-hydrogen) atoms. The third-order valence-corrected chi connectivity index (χ3v) is 9.14. The Bertz CT molecular complexity index is 733. The first-order valence-electron chi connectivity index (χ1n) is 11.1. The van der Waals surface area contributed by atoms with Crippen LogP contribution in [0.4, 0.5) is 0 Å². The van der Waals surface area contributed by atoms with Crippen molar-refractivity contribution in [1.29, 1.82) is 0 Å². The molecule has 4 rings (SSSR count). The lowest BCUT2D eigenvalue weighted by molar-refractivity contribution is -0.273. The molecule has 0 aromatic heterocycles.